The summed E-state index contributed by atoms with van der Waals surface area (Å²) < 4.78 is 3.45. The van der Waals surface area contributed by atoms with Crippen LogP contribution in [0.3, 0.4) is 0 Å². The van der Waals surface area contributed by atoms with Gasteiger partial charge >= 0.3 is 0 Å². The summed E-state index contributed by atoms with van der Waals surface area (Å²) in [5.74, 6) is 0. The lowest BCUT2D eigenvalue weighted by molar-refractivity contribution is 0.630. The average Bonchev–Trinajstić information content (AvgIpc) is 2.85. The molecule has 1 heterocycles. The molecule has 3 rings (SSSR count). The number of nitrogens with zero attached hydrogens (tertiary/aromatic N) is 2. The molecule has 3 aromatic rings. The molecule has 0 amide bonds. The Kier molecular flexibility index (Phi) is 5.23. The molecule has 0 saturated carbocycles. The van der Waals surface area contributed by atoms with Gasteiger partial charge in [-0.1, -0.05) is 48.0 Å². The van der Waals surface area contributed by atoms with Crippen molar-refractivity contribution in [1.82, 2.24) is 14.7 Å². The van der Waals surface area contributed by atoms with Crippen LogP contribution in [-0.2, 0) is 13.6 Å². The Morgan fingerprint density at radius 3 is 2.35 bits per heavy atom. The molecule has 0 spiro atoms. The Hall–Kier alpha value is -2.86. The van der Waals surface area contributed by atoms with E-state index in [0.29, 0.717) is 17.3 Å². The van der Waals surface area contributed by atoms with Crippen molar-refractivity contribution in [3.63, 3.8) is 0 Å². The van der Waals surface area contributed by atoms with Crippen molar-refractivity contribution in [3.8, 4) is 5.69 Å². The van der Waals surface area contributed by atoms with Gasteiger partial charge < -0.3 is 10.6 Å². The van der Waals surface area contributed by atoms with E-state index in [4.69, 9.17) is 12.2 Å². The van der Waals surface area contributed by atoms with Gasteiger partial charge in [0.25, 0.3) is 5.56 Å². The predicted molar refractivity (Wildman–Crippen MR) is 110 cm³/mol. The van der Waals surface area contributed by atoms with E-state index in [9.17, 15) is 4.79 Å². The highest BCUT2D eigenvalue weighted by Crippen LogP contribution is 2.14. The van der Waals surface area contributed by atoms with Crippen LogP contribution < -0.4 is 16.2 Å². The standard InChI is InChI=1S/C20H22N4OS/c1-14-9-11-16(12-10-14)13-21-20(26)22-18-15(2)23(3)24(19(18)25)17-7-5-4-6-8-17/h4-12H,13H2,1-3H3,(H2,21,22,26). The molecular formula is C20H22N4OS. The summed E-state index contributed by atoms with van der Waals surface area (Å²) in [5, 5.41) is 6.64. The van der Waals surface area contributed by atoms with Gasteiger partial charge in [0.1, 0.15) is 5.69 Å². The molecule has 5 nitrogen and oxygen atoms in total. The maximum atomic E-state index is 12.9. The predicted octanol–water partition coefficient (Wildman–Crippen LogP) is 3.28. The number of anilines is 1. The first-order valence-electron chi connectivity index (χ1n) is 8.42. The smallest absolute Gasteiger partial charge is 0.295 e. The lowest BCUT2D eigenvalue weighted by Gasteiger charge is -2.10. The summed E-state index contributed by atoms with van der Waals surface area (Å²) in [6.45, 7) is 4.55. The zero-order valence-electron chi connectivity index (χ0n) is 15.1. The van der Waals surface area contributed by atoms with Crippen LogP contribution in [-0.4, -0.2) is 14.5 Å². The summed E-state index contributed by atoms with van der Waals surface area (Å²) in [6.07, 6.45) is 0. The number of rotatable bonds is 4. The van der Waals surface area contributed by atoms with Gasteiger partial charge in [0, 0.05) is 13.6 Å². The Morgan fingerprint density at radius 1 is 1.04 bits per heavy atom. The van der Waals surface area contributed by atoms with Gasteiger partial charge in [-0.2, -0.15) is 0 Å². The van der Waals surface area contributed by atoms with Gasteiger partial charge in [0.2, 0.25) is 0 Å². The van der Waals surface area contributed by atoms with Crippen molar-refractivity contribution < 1.29 is 0 Å². The van der Waals surface area contributed by atoms with Crippen molar-refractivity contribution in [2.45, 2.75) is 20.4 Å². The number of aromatic nitrogens is 2. The average molecular weight is 366 g/mol. The molecule has 0 unspecified atom stereocenters. The van der Waals surface area contributed by atoms with Gasteiger partial charge in [-0.25, -0.2) is 4.68 Å². The molecule has 0 atom stereocenters. The summed E-state index contributed by atoms with van der Waals surface area (Å²) in [4.78, 5) is 12.9. The molecule has 0 bridgehead atoms. The quantitative estimate of drug-likeness (QED) is 0.696. The largest absolute Gasteiger partial charge is 0.358 e. The van der Waals surface area contributed by atoms with Crippen LogP contribution in [0.25, 0.3) is 5.69 Å². The molecule has 0 fully saturated rings. The third-order valence-corrected chi connectivity index (χ3v) is 4.61. The molecule has 0 aliphatic heterocycles. The van der Waals surface area contributed by atoms with Crippen LogP contribution in [0.1, 0.15) is 16.8 Å². The van der Waals surface area contributed by atoms with Crippen LogP contribution in [0, 0.1) is 13.8 Å². The Labute approximate surface area is 158 Å². The lowest BCUT2D eigenvalue weighted by Crippen LogP contribution is -2.30. The van der Waals surface area contributed by atoms with Crippen LogP contribution >= 0.6 is 12.2 Å². The normalized spacial score (nSPS) is 10.6. The highest BCUT2D eigenvalue weighted by Gasteiger charge is 2.16. The molecule has 6 heteroatoms. The van der Waals surface area contributed by atoms with E-state index in [1.54, 1.807) is 4.68 Å². The molecule has 0 aliphatic carbocycles. The van der Waals surface area contributed by atoms with Crippen LogP contribution in [0.15, 0.2) is 59.4 Å². The van der Waals surface area contributed by atoms with E-state index < -0.39 is 0 Å². The van der Waals surface area contributed by atoms with E-state index in [1.807, 2.05) is 49.0 Å². The van der Waals surface area contributed by atoms with E-state index in [2.05, 4.69) is 41.8 Å². The summed E-state index contributed by atoms with van der Waals surface area (Å²) in [6, 6.07) is 17.8. The van der Waals surface area contributed by atoms with Crippen LogP contribution in [0.4, 0.5) is 5.69 Å². The Bertz CT molecular complexity index is 972. The minimum atomic E-state index is -0.129. The van der Waals surface area contributed by atoms with E-state index >= 15 is 0 Å². The Balaban J connectivity index is 1.76. The zero-order valence-corrected chi connectivity index (χ0v) is 15.9. The van der Waals surface area contributed by atoms with Gasteiger partial charge in [0.05, 0.1) is 11.4 Å². The van der Waals surface area contributed by atoms with Gasteiger partial charge in [-0.05, 0) is 43.8 Å². The van der Waals surface area contributed by atoms with Crippen molar-refractivity contribution in [1.29, 1.82) is 0 Å². The second-order valence-electron chi connectivity index (χ2n) is 6.23. The van der Waals surface area contributed by atoms with Crippen molar-refractivity contribution in [2.75, 3.05) is 5.32 Å². The Morgan fingerprint density at radius 2 is 1.69 bits per heavy atom. The maximum Gasteiger partial charge on any atom is 0.295 e. The number of nitrogens with one attached hydrogen (secondary N) is 2. The third kappa shape index (κ3) is 3.70. The molecule has 2 aromatic carbocycles. The first-order chi connectivity index (χ1) is 12.5. The lowest BCUT2D eigenvalue weighted by atomic mass is 10.1. The molecule has 1 aromatic heterocycles. The van der Waals surface area contributed by atoms with Crippen molar-refractivity contribution in [3.05, 3.63) is 81.8 Å². The summed E-state index contributed by atoms with van der Waals surface area (Å²) in [5.41, 5.74) is 4.34. The summed E-state index contributed by atoms with van der Waals surface area (Å²) >= 11 is 5.37. The molecule has 2 N–H and O–H groups in total. The van der Waals surface area contributed by atoms with E-state index in [1.165, 1.54) is 5.56 Å². The molecule has 0 saturated heterocycles. The highest BCUT2D eigenvalue weighted by molar-refractivity contribution is 7.80. The van der Waals surface area contributed by atoms with Gasteiger partial charge in [-0.15, -0.1) is 0 Å². The molecule has 26 heavy (non-hydrogen) atoms. The van der Waals surface area contributed by atoms with Crippen LogP contribution in [0.5, 0.6) is 0 Å². The number of hydrogen-bond donors (Lipinski definition) is 2. The number of aryl methyl sites for hydroxylation is 1. The van der Waals surface area contributed by atoms with Gasteiger partial charge in [-0.3, -0.25) is 9.48 Å². The fourth-order valence-electron chi connectivity index (χ4n) is 2.76. The minimum Gasteiger partial charge on any atom is -0.358 e. The molecular weight excluding hydrogens is 344 g/mol. The maximum absolute atomic E-state index is 12.9. The SMILES string of the molecule is Cc1ccc(CNC(=S)Nc2c(C)n(C)n(-c3ccccc3)c2=O)cc1. The summed E-state index contributed by atoms with van der Waals surface area (Å²) in [7, 11) is 1.86. The first-order valence-corrected chi connectivity index (χ1v) is 8.82. The second-order valence-corrected chi connectivity index (χ2v) is 6.64. The highest BCUT2D eigenvalue weighted by atomic mass is 32.1. The molecule has 0 aliphatic rings. The zero-order chi connectivity index (χ0) is 18.7. The monoisotopic (exact) mass is 366 g/mol. The van der Waals surface area contributed by atoms with Crippen LogP contribution in [0.2, 0.25) is 0 Å². The minimum absolute atomic E-state index is 0.129. The van der Waals surface area contributed by atoms with Crippen molar-refractivity contribution in [2.24, 2.45) is 7.05 Å². The number of para-hydroxylation sites is 1. The fourth-order valence-corrected chi connectivity index (χ4v) is 2.93. The first kappa shape index (κ1) is 17.9. The number of benzene rings is 2. The fraction of sp³-hybridized carbons (Fsp3) is 0.200. The third-order valence-electron chi connectivity index (χ3n) is 4.37. The topological polar surface area (TPSA) is 51.0 Å². The van der Waals surface area contributed by atoms with E-state index in [-0.39, 0.29) is 5.56 Å². The second kappa shape index (κ2) is 7.58. The van der Waals surface area contributed by atoms with Crippen molar-refractivity contribution >= 4 is 23.0 Å². The number of hydrogen-bond acceptors (Lipinski definition) is 2. The number of thiocarbonyl (C=S) groups is 1. The molecule has 134 valence electrons. The van der Waals surface area contributed by atoms with Gasteiger partial charge in [0.15, 0.2) is 5.11 Å². The van der Waals surface area contributed by atoms with E-state index in [0.717, 1.165) is 16.9 Å². The molecule has 0 radical (unpaired) electrons.